The Morgan fingerprint density at radius 3 is 2.21 bits per heavy atom. The number of hydrogen-bond acceptors (Lipinski definition) is 1. The number of rotatable bonds is 3. The summed E-state index contributed by atoms with van der Waals surface area (Å²) in [5, 5.41) is 3.79. The van der Waals surface area contributed by atoms with Crippen molar-refractivity contribution in [2.45, 2.75) is 59.4 Å². The van der Waals surface area contributed by atoms with E-state index in [9.17, 15) is 0 Å². The van der Waals surface area contributed by atoms with E-state index in [1.165, 1.54) is 32.2 Å². The van der Waals surface area contributed by atoms with Gasteiger partial charge in [0, 0.05) is 6.04 Å². The summed E-state index contributed by atoms with van der Waals surface area (Å²) in [6.45, 7) is 10.9. The molecule has 0 radical (unpaired) electrons. The van der Waals surface area contributed by atoms with Gasteiger partial charge in [-0.25, -0.2) is 0 Å². The highest BCUT2D eigenvalue weighted by atomic mass is 15.0. The van der Waals surface area contributed by atoms with E-state index in [1.54, 1.807) is 0 Å². The van der Waals surface area contributed by atoms with Crippen molar-refractivity contribution in [3.05, 3.63) is 0 Å². The predicted octanol–water partition coefficient (Wildman–Crippen LogP) is 3.20. The van der Waals surface area contributed by atoms with Gasteiger partial charge in [0.2, 0.25) is 0 Å². The van der Waals surface area contributed by atoms with Gasteiger partial charge < -0.3 is 5.32 Å². The fraction of sp³-hybridized carbons (Fsp3) is 1.00. The number of nitrogens with one attached hydrogen (secondary N) is 1. The van der Waals surface area contributed by atoms with E-state index in [0.717, 1.165) is 12.0 Å². The van der Waals surface area contributed by atoms with Gasteiger partial charge in [0.25, 0.3) is 0 Å². The van der Waals surface area contributed by atoms with E-state index >= 15 is 0 Å². The monoisotopic (exact) mass is 195 g/mol. The lowest BCUT2D eigenvalue weighted by Gasteiger charge is -2.28. The molecule has 0 aromatic rings. The zero-order valence-corrected chi connectivity index (χ0v) is 10.2. The van der Waals surface area contributed by atoms with Gasteiger partial charge in [-0.3, -0.25) is 0 Å². The van der Waals surface area contributed by atoms with Crippen LogP contribution in [0.5, 0.6) is 0 Å². The van der Waals surface area contributed by atoms with E-state index < -0.39 is 0 Å². The van der Waals surface area contributed by atoms with Crippen molar-refractivity contribution >= 4 is 0 Å². The first-order chi connectivity index (χ1) is 6.42. The van der Waals surface area contributed by atoms with Crippen molar-refractivity contribution in [3.8, 4) is 0 Å². The molecule has 2 fully saturated rings. The molecule has 2 unspecified atom stereocenters. The summed E-state index contributed by atoms with van der Waals surface area (Å²) < 4.78 is 0. The minimum atomic E-state index is 0.541. The Bertz CT molecular complexity index is 217. The van der Waals surface area contributed by atoms with Gasteiger partial charge in [-0.15, -0.1) is 0 Å². The fourth-order valence-corrected chi connectivity index (χ4v) is 2.91. The first-order valence-corrected chi connectivity index (χ1v) is 6.15. The average Bonchev–Trinajstić information content (AvgIpc) is 2.49. The first kappa shape index (κ1) is 10.5. The van der Waals surface area contributed by atoms with Crippen LogP contribution in [0.2, 0.25) is 0 Å². The molecule has 2 aliphatic carbocycles. The van der Waals surface area contributed by atoms with Crippen LogP contribution in [0.3, 0.4) is 0 Å². The van der Waals surface area contributed by atoms with E-state index in [0.29, 0.717) is 10.8 Å². The fourth-order valence-electron chi connectivity index (χ4n) is 2.91. The molecule has 0 aromatic carbocycles. The Morgan fingerprint density at radius 2 is 1.79 bits per heavy atom. The van der Waals surface area contributed by atoms with Crippen LogP contribution in [0.1, 0.15) is 53.4 Å². The van der Waals surface area contributed by atoms with Gasteiger partial charge in [-0.2, -0.15) is 0 Å². The van der Waals surface area contributed by atoms with E-state index in [1.807, 2.05) is 0 Å². The van der Waals surface area contributed by atoms with Crippen molar-refractivity contribution in [2.75, 3.05) is 6.54 Å². The van der Waals surface area contributed by atoms with Crippen LogP contribution in [0, 0.1) is 16.7 Å². The van der Waals surface area contributed by atoms with Crippen molar-refractivity contribution < 1.29 is 0 Å². The Kier molecular flexibility index (Phi) is 2.42. The first-order valence-electron chi connectivity index (χ1n) is 6.15. The van der Waals surface area contributed by atoms with Crippen LogP contribution in [0.4, 0.5) is 0 Å². The molecule has 14 heavy (non-hydrogen) atoms. The molecule has 0 aliphatic heterocycles. The summed E-state index contributed by atoms with van der Waals surface area (Å²) in [6.07, 6.45) is 5.63. The average molecular weight is 195 g/mol. The molecule has 0 aromatic heterocycles. The topological polar surface area (TPSA) is 12.0 Å². The molecule has 82 valence electrons. The van der Waals surface area contributed by atoms with Gasteiger partial charge in [0.05, 0.1) is 0 Å². The lowest BCUT2D eigenvalue weighted by atomic mass is 9.87. The maximum atomic E-state index is 3.79. The van der Waals surface area contributed by atoms with Crippen LogP contribution < -0.4 is 5.32 Å². The highest BCUT2D eigenvalue weighted by molar-refractivity contribution is 4.98. The van der Waals surface area contributed by atoms with Gasteiger partial charge in [-0.05, 0) is 42.6 Å². The van der Waals surface area contributed by atoms with Crippen LogP contribution in [-0.4, -0.2) is 12.6 Å². The molecule has 0 heterocycles. The molecule has 1 heteroatoms. The summed E-state index contributed by atoms with van der Waals surface area (Å²) in [5.41, 5.74) is 1.18. The second kappa shape index (κ2) is 3.23. The van der Waals surface area contributed by atoms with Crippen LogP contribution in [0.25, 0.3) is 0 Å². The maximum absolute atomic E-state index is 3.79. The zero-order chi connectivity index (χ0) is 10.4. The summed E-state index contributed by atoms with van der Waals surface area (Å²) in [4.78, 5) is 0. The molecule has 1 N–H and O–H groups in total. The molecule has 0 bridgehead atoms. The zero-order valence-electron chi connectivity index (χ0n) is 10.2. The molecular weight excluding hydrogens is 170 g/mol. The molecule has 0 spiro atoms. The SMILES string of the molecule is CC1(C)CC1CNC1CCCC1(C)C. The third-order valence-corrected chi connectivity index (χ3v) is 4.59. The summed E-state index contributed by atoms with van der Waals surface area (Å²) >= 11 is 0. The molecule has 0 amide bonds. The smallest absolute Gasteiger partial charge is 0.0118 e. The van der Waals surface area contributed by atoms with E-state index in [4.69, 9.17) is 0 Å². The maximum Gasteiger partial charge on any atom is 0.0118 e. The van der Waals surface area contributed by atoms with Crippen molar-refractivity contribution in [2.24, 2.45) is 16.7 Å². The summed E-state index contributed by atoms with van der Waals surface area (Å²) in [5.74, 6) is 0.943. The van der Waals surface area contributed by atoms with Gasteiger partial charge in [-0.1, -0.05) is 34.1 Å². The lowest BCUT2D eigenvalue weighted by molar-refractivity contribution is 0.278. The second-order valence-electron chi connectivity index (χ2n) is 6.73. The van der Waals surface area contributed by atoms with Gasteiger partial charge >= 0.3 is 0 Å². The Hall–Kier alpha value is -0.0400. The Morgan fingerprint density at radius 1 is 1.14 bits per heavy atom. The third-order valence-electron chi connectivity index (χ3n) is 4.59. The quantitative estimate of drug-likeness (QED) is 0.729. The van der Waals surface area contributed by atoms with Gasteiger partial charge in [0.1, 0.15) is 0 Å². The molecule has 2 saturated carbocycles. The molecule has 2 rings (SSSR count). The van der Waals surface area contributed by atoms with Crippen LogP contribution in [0.15, 0.2) is 0 Å². The molecule has 2 aliphatic rings. The highest BCUT2D eigenvalue weighted by Gasteiger charge is 2.46. The number of hydrogen-bond donors (Lipinski definition) is 1. The summed E-state index contributed by atoms with van der Waals surface area (Å²) in [7, 11) is 0. The predicted molar refractivity (Wildman–Crippen MR) is 61.3 cm³/mol. The Labute approximate surface area is 88.7 Å². The van der Waals surface area contributed by atoms with Crippen LogP contribution in [-0.2, 0) is 0 Å². The van der Waals surface area contributed by atoms with E-state index in [-0.39, 0.29) is 0 Å². The normalized spacial score (nSPS) is 38.6. The minimum absolute atomic E-state index is 0.541. The minimum Gasteiger partial charge on any atom is -0.313 e. The molecule has 2 atom stereocenters. The van der Waals surface area contributed by atoms with Crippen LogP contribution >= 0.6 is 0 Å². The molecular formula is C13H25N. The standard InChI is InChI=1S/C13H25N/c1-12(2)7-5-6-11(12)14-9-10-8-13(10,3)4/h10-11,14H,5-9H2,1-4H3. The van der Waals surface area contributed by atoms with E-state index in [2.05, 4.69) is 33.0 Å². The summed E-state index contributed by atoms with van der Waals surface area (Å²) in [6, 6.07) is 0.777. The van der Waals surface area contributed by atoms with Crippen molar-refractivity contribution in [1.29, 1.82) is 0 Å². The Balaban J connectivity index is 1.76. The molecule has 1 nitrogen and oxygen atoms in total. The van der Waals surface area contributed by atoms with Gasteiger partial charge in [0.15, 0.2) is 0 Å². The van der Waals surface area contributed by atoms with Crippen molar-refractivity contribution in [3.63, 3.8) is 0 Å². The lowest BCUT2D eigenvalue weighted by Crippen LogP contribution is -2.39. The van der Waals surface area contributed by atoms with Crippen molar-refractivity contribution in [1.82, 2.24) is 5.32 Å². The highest BCUT2D eigenvalue weighted by Crippen LogP contribution is 2.51. The largest absolute Gasteiger partial charge is 0.313 e. The second-order valence-corrected chi connectivity index (χ2v) is 6.73. The third kappa shape index (κ3) is 1.98. The molecule has 0 saturated heterocycles.